The number of nitrogens with one attached hydrogen (secondary N) is 1. The minimum atomic E-state index is -0.915. The van der Waals surface area contributed by atoms with Crippen LogP contribution in [-0.2, 0) is 0 Å². The number of nitrogen functional groups attached to an aromatic ring is 1. The van der Waals surface area contributed by atoms with Crippen molar-refractivity contribution in [1.82, 2.24) is 9.55 Å². The summed E-state index contributed by atoms with van der Waals surface area (Å²) in [4.78, 5) is 35.6. The summed E-state index contributed by atoms with van der Waals surface area (Å²) in [5.41, 5.74) is 3.80. The van der Waals surface area contributed by atoms with E-state index in [0.717, 1.165) is 4.57 Å². The lowest BCUT2D eigenvalue weighted by Gasteiger charge is -2.09. The zero-order chi connectivity index (χ0) is 14.0. The predicted molar refractivity (Wildman–Crippen MR) is 69.1 cm³/mol. The maximum Gasteiger partial charge on any atom is 0.334 e. The minimum absolute atomic E-state index is 0.311. The van der Waals surface area contributed by atoms with E-state index in [2.05, 4.69) is 5.18 Å². The molecular weight excluding hydrogens is 252 g/mol. The highest BCUT2D eigenvalue weighted by Gasteiger charge is 2.14. The van der Waals surface area contributed by atoms with Crippen LogP contribution < -0.4 is 21.7 Å². The van der Waals surface area contributed by atoms with Gasteiger partial charge in [-0.3, -0.25) is 9.78 Å². The van der Waals surface area contributed by atoms with Crippen molar-refractivity contribution in [3.8, 4) is 11.4 Å². The van der Waals surface area contributed by atoms with Crippen LogP contribution in [0.1, 0.15) is 0 Å². The molecule has 1 aromatic heterocycles. The van der Waals surface area contributed by atoms with Crippen molar-refractivity contribution in [2.75, 3.05) is 12.8 Å². The Kier molecular flexibility index (Phi) is 3.15. The number of benzene rings is 1. The van der Waals surface area contributed by atoms with Crippen LogP contribution in [0, 0.1) is 4.91 Å². The van der Waals surface area contributed by atoms with Gasteiger partial charge in [-0.15, -0.1) is 4.91 Å². The fraction of sp³-hybridized carbons (Fsp3) is 0.0909. The number of aromatic amines is 1. The van der Waals surface area contributed by atoms with E-state index in [-0.39, 0.29) is 5.82 Å². The molecule has 1 heterocycles. The first-order valence-corrected chi connectivity index (χ1v) is 5.21. The highest BCUT2D eigenvalue weighted by Crippen LogP contribution is 2.19. The number of nitroso groups, excluding NO2 is 1. The van der Waals surface area contributed by atoms with Crippen molar-refractivity contribution in [2.45, 2.75) is 0 Å². The SMILES string of the molecule is COc1ccc(-n2c(N)c(N=O)c(=O)[nH]c2=O)cc1. The fourth-order valence-electron chi connectivity index (χ4n) is 1.62. The van der Waals surface area contributed by atoms with Crippen LogP contribution in [0.3, 0.4) is 0 Å². The molecule has 0 aliphatic rings. The molecule has 3 N–H and O–H groups in total. The number of nitrogens with zero attached hydrogens (tertiary/aromatic N) is 2. The minimum Gasteiger partial charge on any atom is -0.497 e. The van der Waals surface area contributed by atoms with Crippen molar-refractivity contribution >= 4 is 11.5 Å². The smallest absolute Gasteiger partial charge is 0.334 e. The van der Waals surface area contributed by atoms with Crippen molar-refractivity contribution in [3.05, 3.63) is 50.0 Å². The molecule has 0 aliphatic carbocycles. The second kappa shape index (κ2) is 4.77. The quantitative estimate of drug-likeness (QED) is 0.781. The number of anilines is 1. The molecule has 0 spiro atoms. The van der Waals surface area contributed by atoms with Gasteiger partial charge in [0.15, 0.2) is 0 Å². The summed E-state index contributed by atoms with van der Waals surface area (Å²) in [7, 11) is 1.50. The third-order valence-corrected chi connectivity index (χ3v) is 2.54. The molecule has 0 aliphatic heterocycles. The number of methoxy groups -OCH3 is 1. The second-order valence-electron chi connectivity index (χ2n) is 3.62. The number of H-pyrrole nitrogens is 1. The van der Waals surface area contributed by atoms with E-state index in [4.69, 9.17) is 10.5 Å². The molecule has 0 bridgehead atoms. The lowest BCUT2D eigenvalue weighted by Crippen LogP contribution is -2.30. The maximum absolute atomic E-state index is 11.7. The molecule has 0 saturated heterocycles. The van der Waals surface area contributed by atoms with Crippen LogP contribution in [0.4, 0.5) is 11.5 Å². The predicted octanol–water partition coefficient (Wildman–Crippen LogP) is 0.514. The Balaban J connectivity index is 2.71. The Morgan fingerprint density at radius 2 is 1.89 bits per heavy atom. The normalized spacial score (nSPS) is 10.2. The number of rotatable bonds is 3. The molecule has 8 heteroatoms. The summed E-state index contributed by atoms with van der Waals surface area (Å²) in [6.07, 6.45) is 0. The van der Waals surface area contributed by atoms with E-state index >= 15 is 0 Å². The van der Waals surface area contributed by atoms with Crippen LogP contribution in [-0.4, -0.2) is 16.7 Å². The van der Waals surface area contributed by atoms with Gasteiger partial charge in [-0.2, -0.15) is 0 Å². The van der Waals surface area contributed by atoms with Gasteiger partial charge in [0, 0.05) is 0 Å². The molecule has 0 amide bonds. The molecular formula is C11H10N4O4. The van der Waals surface area contributed by atoms with Gasteiger partial charge in [0.05, 0.1) is 12.8 Å². The molecule has 2 aromatic rings. The van der Waals surface area contributed by atoms with Gasteiger partial charge in [-0.25, -0.2) is 9.36 Å². The molecule has 0 fully saturated rings. The van der Waals surface area contributed by atoms with Gasteiger partial charge in [0.25, 0.3) is 5.56 Å². The summed E-state index contributed by atoms with van der Waals surface area (Å²) in [5, 5.41) is 2.53. The van der Waals surface area contributed by atoms with Crippen LogP contribution in [0.25, 0.3) is 5.69 Å². The van der Waals surface area contributed by atoms with Crippen molar-refractivity contribution < 1.29 is 4.74 Å². The number of hydrogen-bond donors (Lipinski definition) is 2. The van der Waals surface area contributed by atoms with Gasteiger partial charge < -0.3 is 10.5 Å². The average molecular weight is 262 g/mol. The monoisotopic (exact) mass is 262 g/mol. The summed E-state index contributed by atoms with van der Waals surface area (Å²) in [6.45, 7) is 0. The van der Waals surface area contributed by atoms with Crippen molar-refractivity contribution in [3.63, 3.8) is 0 Å². The number of nitrogens with two attached hydrogens (primary N) is 1. The van der Waals surface area contributed by atoms with Crippen molar-refractivity contribution in [1.29, 1.82) is 0 Å². The molecule has 8 nitrogen and oxygen atoms in total. The van der Waals surface area contributed by atoms with Gasteiger partial charge in [0.1, 0.15) is 11.6 Å². The third-order valence-electron chi connectivity index (χ3n) is 2.54. The van der Waals surface area contributed by atoms with Crippen LogP contribution >= 0.6 is 0 Å². The van der Waals surface area contributed by atoms with Crippen LogP contribution in [0.15, 0.2) is 39.0 Å². The average Bonchev–Trinajstić information content (AvgIpc) is 2.39. The molecule has 0 radical (unpaired) electrons. The van der Waals surface area contributed by atoms with Crippen LogP contribution in [0.5, 0.6) is 5.75 Å². The summed E-state index contributed by atoms with van der Waals surface area (Å²) >= 11 is 0. The Labute approximate surface area is 106 Å². The maximum atomic E-state index is 11.7. The standard InChI is InChI=1S/C11H10N4O4/c1-19-7-4-2-6(3-5-7)15-9(12)8(14-18)10(16)13-11(15)17/h2-5H,12H2,1H3,(H,13,16,17). The molecule has 2 rings (SSSR count). The van der Waals surface area contributed by atoms with Gasteiger partial charge in [-0.05, 0) is 29.4 Å². The van der Waals surface area contributed by atoms with E-state index < -0.39 is 16.9 Å². The Bertz CT molecular complexity index is 730. The highest BCUT2D eigenvalue weighted by molar-refractivity contribution is 5.59. The third kappa shape index (κ3) is 2.10. The first-order chi connectivity index (χ1) is 9.08. The van der Waals surface area contributed by atoms with E-state index in [1.54, 1.807) is 24.3 Å². The zero-order valence-electron chi connectivity index (χ0n) is 9.91. The molecule has 0 unspecified atom stereocenters. The summed E-state index contributed by atoms with van der Waals surface area (Å²) in [6, 6.07) is 6.34. The molecule has 0 atom stereocenters. The van der Waals surface area contributed by atoms with Gasteiger partial charge in [-0.1, -0.05) is 0 Å². The number of ether oxygens (including phenoxy) is 1. The van der Waals surface area contributed by atoms with Crippen molar-refractivity contribution in [2.24, 2.45) is 5.18 Å². The molecule has 19 heavy (non-hydrogen) atoms. The first-order valence-electron chi connectivity index (χ1n) is 5.21. The first kappa shape index (κ1) is 12.6. The second-order valence-corrected chi connectivity index (χ2v) is 3.62. The van der Waals surface area contributed by atoms with Gasteiger partial charge in [0.2, 0.25) is 5.69 Å². The van der Waals surface area contributed by atoms with E-state index in [0.29, 0.717) is 11.4 Å². The van der Waals surface area contributed by atoms with E-state index in [1.165, 1.54) is 7.11 Å². The Hall–Kier alpha value is -2.90. The molecule has 98 valence electrons. The number of hydrogen-bond acceptors (Lipinski definition) is 6. The summed E-state index contributed by atoms with van der Waals surface area (Å²) < 4.78 is 5.97. The lowest BCUT2D eigenvalue weighted by molar-refractivity contribution is 0.414. The van der Waals surface area contributed by atoms with Gasteiger partial charge >= 0.3 is 5.69 Å². The largest absolute Gasteiger partial charge is 0.497 e. The van der Waals surface area contributed by atoms with Crippen LogP contribution in [0.2, 0.25) is 0 Å². The van der Waals surface area contributed by atoms with E-state index in [1.807, 2.05) is 4.98 Å². The Morgan fingerprint density at radius 1 is 1.26 bits per heavy atom. The Morgan fingerprint density at radius 3 is 2.42 bits per heavy atom. The van der Waals surface area contributed by atoms with E-state index in [9.17, 15) is 14.5 Å². The topological polar surface area (TPSA) is 120 Å². The lowest BCUT2D eigenvalue weighted by atomic mass is 10.3. The zero-order valence-corrected chi connectivity index (χ0v) is 9.91. The molecule has 0 saturated carbocycles. The summed E-state index contributed by atoms with van der Waals surface area (Å²) in [5.74, 6) is 0.280. The fourth-order valence-corrected chi connectivity index (χ4v) is 1.62. The number of aromatic nitrogens is 2. The molecule has 1 aromatic carbocycles. The highest BCUT2D eigenvalue weighted by atomic mass is 16.5.